The van der Waals surface area contributed by atoms with Gasteiger partial charge < -0.3 is 20.7 Å². The molecule has 4 N–H and O–H groups in total. The number of aromatic nitrogens is 2. The first-order valence-electron chi connectivity index (χ1n) is 4.97. The number of nitrogens with zero attached hydrogens (tertiary/aromatic N) is 2. The van der Waals surface area contributed by atoms with Gasteiger partial charge in [-0.25, -0.2) is 9.18 Å². The van der Waals surface area contributed by atoms with Crippen LogP contribution in [0.3, 0.4) is 0 Å². The molecule has 7 nitrogen and oxygen atoms in total. The van der Waals surface area contributed by atoms with Gasteiger partial charge in [0.05, 0.1) is 6.61 Å². The van der Waals surface area contributed by atoms with Crippen LogP contribution in [0.15, 0.2) is 17.1 Å². The summed E-state index contributed by atoms with van der Waals surface area (Å²) in [5.41, 5.74) is 4.52. The van der Waals surface area contributed by atoms with E-state index in [4.69, 9.17) is 15.6 Å². The van der Waals surface area contributed by atoms with Crippen LogP contribution in [0.25, 0.3) is 0 Å². The molecule has 17 heavy (non-hydrogen) atoms. The Hall–Kier alpha value is -1.51. The molecule has 0 radical (unpaired) electrons. The first kappa shape index (κ1) is 12.0. The summed E-state index contributed by atoms with van der Waals surface area (Å²) in [4.78, 5) is 14.9. The first-order chi connectivity index (χ1) is 8.04. The second kappa shape index (κ2) is 4.40. The molecule has 4 atom stereocenters. The van der Waals surface area contributed by atoms with Crippen molar-refractivity contribution in [1.29, 1.82) is 0 Å². The summed E-state index contributed by atoms with van der Waals surface area (Å²) in [6.45, 7) is -0.533. The summed E-state index contributed by atoms with van der Waals surface area (Å²) in [5.74, 6) is 0.0129. The van der Waals surface area contributed by atoms with E-state index in [1.165, 1.54) is 12.3 Å². The van der Waals surface area contributed by atoms with Crippen LogP contribution in [0.4, 0.5) is 10.2 Å². The topological polar surface area (TPSA) is 111 Å². The van der Waals surface area contributed by atoms with E-state index in [1.54, 1.807) is 0 Å². The maximum Gasteiger partial charge on any atom is 0.351 e. The van der Waals surface area contributed by atoms with Gasteiger partial charge in [0, 0.05) is 6.20 Å². The van der Waals surface area contributed by atoms with Crippen molar-refractivity contribution in [3.8, 4) is 0 Å². The summed E-state index contributed by atoms with van der Waals surface area (Å²) in [7, 11) is 0. The Kier molecular flexibility index (Phi) is 3.09. The number of halogens is 1. The first-order valence-corrected chi connectivity index (χ1v) is 4.97. The van der Waals surface area contributed by atoms with Gasteiger partial charge in [-0.15, -0.1) is 0 Å². The number of nitrogen functional groups attached to an aromatic ring is 1. The standard InChI is InChI=1S/C9H12FN3O4/c10-6-7(15)4(3-14)17-8(6)13-2-1-5(11)12-9(13)16/h1-2,4,6-8,14-15H,3H2,(H2,11,12,16)/t4-,6+,7+,8-/m1/s1. The molecular weight excluding hydrogens is 233 g/mol. The van der Waals surface area contributed by atoms with Crippen LogP contribution in [0.1, 0.15) is 6.23 Å². The molecule has 0 aliphatic carbocycles. The number of hydrogen-bond acceptors (Lipinski definition) is 6. The van der Waals surface area contributed by atoms with Crippen LogP contribution in [-0.4, -0.2) is 44.8 Å². The molecule has 1 aromatic heterocycles. The smallest absolute Gasteiger partial charge is 0.351 e. The third-order valence-corrected chi connectivity index (χ3v) is 2.60. The van der Waals surface area contributed by atoms with Crippen molar-refractivity contribution >= 4 is 5.82 Å². The Labute approximate surface area is 95.3 Å². The van der Waals surface area contributed by atoms with E-state index in [2.05, 4.69) is 4.98 Å². The van der Waals surface area contributed by atoms with Gasteiger partial charge in [0.25, 0.3) is 0 Å². The summed E-state index contributed by atoms with van der Waals surface area (Å²) in [6, 6.07) is 1.32. The molecule has 0 saturated carbocycles. The van der Waals surface area contributed by atoms with E-state index < -0.39 is 36.9 Å². The normalized spacial score (nSPS) is 32.9. The van der Waals surface area contributed by atoms with Gasteiger partial charge in [0.2, 0.25) is 0 Å². The van der Waals surface area contributed by atoms with Crippen LogP contribution >= 0.6 is 0 Å². The van der Waals surface area contributed by atoms with Gasteiger partial charge in [-0.3, -0.25) is 4.57 Å². The number of aliphatic hydroxyl groups is 2. The molecule has 0 bridgehead atoms. The van der Waals surface area contributed by atoms with Crippen molar-refractivity contribution in [2.45, 2.75) is 24.6 Å². The Morgan fingerprint density at radius 2 is 2.35 bits per heavy atom. The highest BCUT2D eigenvalue weighted by Crippen LogP contribution is 2.30. The number of nitrogens with two attached hydrogens (primary N) is 1. The number of ether oxygens (including phenoxy) is 1. The van der Waals surface area contributed by atoms with Crippen molar-refractivity contribution in [2.24, 2.45) is 0 Å². The lowest BCUT2D eigenvalue weighted by molar-refractivity contribution is -0.0490. The molecule has 1 fully saturated rings. The van der Waals surface area contributed by atoms with Crippen molar-refractivity contribution in [3.05, 3.63) is 22.7 Å². The number of rotatable bonds is 2. The second-order valence-corrected chi connectivity index (χ2v) is 3.72. The van der Waals surface area contributed by atoms with Crippen LogP contribution < -0.4 is 11.4 Å². The molecule has 0 aromatic carbocycles. The number of anilines is 1. The van der Waals surface area contributed by atoms with Gasteiger partial charge in [-0.05, 0) is 6.07 Å². The fourth-order valence-electron chi connectivity index (χ4n) is 1.70. The van der Waals surface area contributed by atoms with Gasteiger partial charge in [0.15, 0.2) is 12.4 Å². The lowest BCUT2D eigenvalue weighted by Gasteiger charge is -2.15. The molecule has 2 heterocycles. The molecule has 0 amide bonds. The minimum Gasteiger partial charge on any atom is -0.394 e. The summed E-state index contributed by atoms with van der Waals surface area (Å²) < 4.78 is 19.6. The van der Waals surface area contributed by atoms with Crippen LogP contribution in [0.2, 0.25) is 0 Å². The van der Waals surface area contributed by atoms with E-state index in [1.807, 2.05) is 0 Å². The minimum absolute atomic E-state index is 0.0129. The van der Waals surface area contributed by atoms with E-state index in [0.29, 0.717) is 0 Å². The lowest BCUT2D eigenvalue weighted by atomic mass is 10.1. The largest absolute Gasteiger partial charge is 0.394 e. The minimum atomic E-state index is -1.81. The highest BCUT2D eigenvalue weighted by molar-refractivity contribution is 5.23. The summed E-state index contributed by atoms with van der Waals surface area (Å²) >= 11 is 0. The Morgan fingerprint density at radius 1 is 1.65 bits per heavy atom. The van der Waals surface area contributed by atoms with E-state index >= 15 is 0 Å². The van der Waals surface area contributed by atoms with Crippen molar-refractivity contribution < 1.29 is 19.3 Å². The van der Waals surface area contributed by atoms with Crippen LogP contribution in [0.5, 0.6) is 0 Å². The Bertz CT molecular complexity index is 466. The van der Waals surface area contributed by atoms with Crippen molar-refractivity contribution in [1.82, 2.24) is 9.55 Å². The predicted molar refractivity (Wildman–Crippen MR) is 54.8 cm³/mol. The number of hydrogen-bond donors (Lipinski definition) is 3. The molecule has 1 aliphatic heterocycles. The highest BCUT2D eigenvalue weighted by atomic mass is 19.1. The SMILES string of the molecule is Nc1ccn([C@@H]2O[C@H](CO)[C@H](O)[C@@H]2F)c(=O)n1. The quantitative estimate of drug-likeness (QED) is 0.579. The van der Waals surface area contributed by atoms with Gasteiger partial charge in [0.1, 0.15) is 18.0 Å². The number of aliphatic hydroxyl groups excluding tert-OH is 2. The average Bonchev–Trinajstić information content (AvgIpc) is 2.57. The van der Waals surface area contributed by atoms with Crippen molar-refractivity contribution in [2.75, 3.05) is 12.3 Å². The molecule has 8 heteroatoms. The summed E-state index contributed by atoms with van der Waals surface area (Å²) in [5, 5.41) is 18.3. The zero-order valence-electron chi connectivity index (χ0n) is 8.73. The third kappa shape index (κ3) is 2.02. The average molecular weight is 245 g/mol. The molecular formula is C9H12FN3O4. The van der Waals surface area contributed by atoms with E-state index in [0.717, 1.165) is 4.57 Å². The Balaban J connectivity index is 2.32. The highest BCUT2D eigenvalue weighted by Gasteiger charge is 2.45. The second-order valence-electron chi connectivity index (χ2n) is 3.72. The number of alkyl halides is 1. The summed E-state index contributed by atoms with van der Waals surface area (Å²) in [6.07, 6.45) is -4.42. The maximum atomic E-state index is 13.7. The van der Waals surface area contributed by atoms with E-state index in [-0.39, 0.29) is 5.82 Å². The third-order valence-electron chi connectivity index (χ3n) is 2.60. The molecule has 1 aliphatic rings. The zero-order valence-corrected chi connectivity index (χ0v) is 8.73. The van der Waals surface area contributed by atoms with Crippen molar-refractivity contribution in [3.63, 3.8) is 0 Å². The predicted octanol–water partition coefficient (Wildman–Crippen LogP) is -1.59. The van der Waals surface area contributed by atoms with Gasteiger partial charge in [-0.1, -0.05) is 0 Å². The maximum absolute atomic E-state index is 13.7. The zero-order chi connectivity index (χ0) is 12.6. The molecule has 1 saturated heterocycles. The fraction of sp³-hybridized carbons (Fsp3) is 0.556. The molecule has 94 valence electrons. The Morgan fingerprint density at radius 3 is 2.88 bits per heavy atom. The lowest BCUT2D eigenvalue weighted by Crippen LogP contribution is -2.33. The van der Waals surface area contributed by atoms with E-state index in [9.17, 15) is 14.3 Å². The monoisotopic (exact) mass is 245 g/mol. The molecule has 0 unspecified atom stereocenters. The van der Waals surface area contributed by atoms with Gasteiger partial charge in [-0.2, -0.15) is 4.98 Å². The van der Waals surface area contributed by atoms with Crippen LogP contribution in [0, 0.1) is 0 Å². The molecule has 2 rings (SSSR count). The van der Waals surface area contributed by atoms with Crippen LogP contribution in [-0.2, 0) is 4.74 Å². The molecule has 1 aromatic rings. The van der Waals surface area contributed by atoms with Gasteiger partial charge >= 0.3 is 5.69 Å². The molecule has 0 spiro atoms. The fourth-order valence-corrected chi connectivity index (χ4v) is 1.70.